The molecule has 0 saturated heterocycles. The molecule has 1 atom stereocenters. The van der Waals surface area contributed by atoms with Crippen LogP contribution in [0.15, 0.2) is 87.2 Å². The third-order valence-electron chi connectivity index (χ3n) is 7.16. The molecule has 1 aromatic heterocycles. The number of carbonyl (C=O) groups excluding carboxylic acids is 2. The van der Waals surface area contributed by atoms with E-state index in [1.807, 2.05) is 45.9 Å². The van der Waals surface area contributed by atoms with Gasteiger partial charge in [-0.15, -0.1) is 0 Å². The second-order valence-electron chi connectivity index (χ2n) is 10.7. The molecular formula is C33H34N2O6. The summed E-state index contributed by atoms with van der Waals surface area (Å²) in [6.07, 6.45) is -0.723. The second kappa shape index (κ2) is 12.6. The molecule has 212 valence electrons. The quantitative estimate of drug-likeness (QED) is 0.0866. The predicted octanol–water partition coefficient (Wildman–Crippen LogP) is 6.70. The number of hydrogen-bond donors (Lipinski definition) is 3. The first kappa shape index (κ1) is 29.3. The van der Waals surface area contributed by atoms with Gasteiger partial charge in [-0.2, -0.15) is 0 Å². The Morgan fingerprint density at radius 2 is 1.49 bits per heavy atom. The monoisotopic (exact) mass is 554 g/mol. The van der Waals surface area contributed by atoms with Gasteiger partial charge in [0.15, 0.2) is 5.71 Å². The zero-order valence-corrected chi connectivity index (χ0v) is 23.5. The highest BCUT2D eigenvalue weighted by Crippen LogP contribution is 2.37. The fraction of sp³-hybridized carbons (Fsp3) is 0.273. The molecule has 1 unspecified atom stereocenters. The molecule has 1 amide bonds. The second-order valence-corrected chi connectivity index (χ2v) is 10.7. The lowest BCUT2D eigenvalue weighted by Crippen LogP contribution is -2.27. The van der Waals surface area contributed by atoms with E-state index in [0.29, 0.717) is 16.6 Å². The summed E-state index contributed by atoms with van der Waals surface area (Å²) in [6, 6.07) is 21.2. The molecule has 8 nitrogen and oxygen atoms in total. The van der Waals surface area contributed by atoms with E-state index in [9.17, 15) is 24.7 Å². The molecule has 0 aliphatic heterocycles. The van der Waals surface area contributed by atoms with E-state index in [1.54, 1.807) is 54.6 Å². The molecule has 0 aliphatic rings. The van der Waals surface area contributed by atoms with Gasteiger partial charge in [-0.1, -0.05) is 93.5 Å². The van der Waals surface area contributed by atoms with Crippen molar-refractivity contribution in [3.63, 3.8) is 0 Å². The highest BCUT2D eigenvalue weighted by atomic mass is 16.4. The third-order valence-corrected chi connectivity index (χ3v) is 7.16. The first-order chi connectivity index (χ1) is 19.6. The number of amides is 1. The first-order valence-corrected chi connectivity index (χ1v) is 13.6. The van der Waals surface area contributed by atoms with E-state index in [0.717, 1.165) is 11.1 Å². The molecule has 0 saturated carbocycles. The zero-order valence-electron chi connectivity index (χ0n) is 23.5. The maximum absolute atomic E-state index is 13.4. The molecule has 41 heavy (non-hydrogen) atoms. The van der Waals surface area contributed by atoms with Gasteiger partial charge in [0.2, 0.25) is 0 Å². The van der Waals surface area contributed by atoms with Crippen molar-refractivity contribution in [3.8, 4) is 5.75 Å². The summed E-state index contributed by atoms with van der Waals surface area (Å²) in [5.74, 6) is -2.04. The molecule has 8 heteroatoms. The van der Waals surface area contributed by atoms with Crippen molar-refractivity contribution in [2.45, 2.75) is 58.3 Å². The largest absolute Gasteiger partial charge is 0.507 e. The van der Waals surface area contributed by atoms with Gasteiger partial charge in [0.05, 0.1) is 17.4 Å². The summed E-state index contributed by atoms with van der Waals surface area (Å²) in [6.45, 7) is 8.06. The third kappa shape index (κ3) is 6.38. The molecular weight excluding hydrogens is 520 g/mol. The fourth-order valence-electron chi connectivity index (χ4n) is 5.06. The fourth-order valence-corrected chi connectivity index (χ4v) is 5.06. The molecule has 0 aliphatic carbocycles. The number of nitrogens with one attached hydrogen (secondary N) is 1. The Hall–Kier alpha value is -4.72. The Morgan fingerprint density at radius 3 is 2.10 bits per heavy atom. The Balaban J connectivity index is 1.63. The van der Waals surface area contributed by atoms with Crippen molar-refractivity contribution < 1.29 is 24.3 Å². The molecule has 0 bridgehead atoms. The Kier molecular flexibility index (Phi) is 9.02. The molecule has 3 aromatic carbocycles. The van der Waals surface area contributed by atoms with Crippen LogP contribution in [0.4, 0.5) is 5.69 Å². The smallest absolute Gasteiger partial charge is 0.343 e. The van der Waals surface area contributed by atoms with Gasteiger partial charge in [0.25, 0.3) is 5.91 Å². The van der Waals surface area contributed by atoms with Crippen molar-refractivity contribution in [1.29, 1.82) is 0 Å². The van der Waals surface area contributed by atoms with Gasteiger partial charge in [0.1, 0.15) is 17.1 Å². The van der Waals surface area contributed by atoms with E-state index in [4.69, 9.17) is 4.42 Å². The van der Waals surface area contributed by atoms with Crippen LogP contribution in [0.3, 0.4) is 0 Å². The maximum atomic E-state index is 13.4. The number of anilines is 1. The van der Waals surface area contributed by atoms with Crippen LogP contribution >= 0.6 is 0 Å². The minimum Gasteiger partial charge on any atom is -0.507 e. The van der Waals surface area contributed by atoms with Gasteiger partial charge in [-0.05, 0) is 40.7 Å². The van der Waals surface area contributed by atoms with E-state index in [2.05, 4.69) is 10.5 Å². The summed E-state index contributed by atoms with van der Waals surface area (Å²) in [5.41, 5.74) is 2.16. The molecule has 4 aromatic rings. The van der Waals surface area contributed by atoms with Gasteiger partial charge < -0.3 is 20.0 Å². The van der Waals surface area contributed by atoms with Gasteiger partial charge in [-0.25, -0.2) is 4.79 Å². The first-order valence-electron chi connectivity index (χ1n) is 13.6. The van der Waals surface area contributed by atoms with Crippen LogP contribution in [0, 0.1) is 0 Å². The SMILES string of the molecule is CC(C)c1cccc(C(C)C)c1NC(=O)/C(CC(=O)CC(c1ccccc1)c1c(O)c2ccccc2oc1=O)=N/O. The molecule has 0 spiro atoms. The van der Waals surface area contributed by atoms with Gasteiger partial charge in [-0.3, -0.25) is 9.59 Å². The lowest BCUT2D eigenvalue weighted by atomic mass is 9.86. The lowest BCUT2D eigenvalue weighted by molar-refractivity contribution is -0.119. The Morgan fingerprint density at radius 1 is 0.878 bits per heavy atom. The number of para-hydroxylation sites is 2. The number of hydrogen-bond acceptors (Lipinski definition) is 7. The van der Waals surface area contributed by atoms with Crippen molar-refractivity contribution in [2.75, 3.05) is 5.32 Å². The molecule has 0 fully saturated rings. The minimum absolute atomic E-state index is 0.0531. The van der Waals surface area contributed by atoms with Crippen LogP contribution in [0.2, 0.25) is 0 Å². The lowest BCUT2D eigenvalue weighted by Gasteiger charge is -2.20. The van der Waals surface area contributed by atoms with E-state index < -0.39 is 29.7 Å². The van der Waals surface area contributed by atoms with Crippen LogP contribution in [0.1, 0.15) is 80.5 Å². The molecule has 0 radical (unpaired) electrons. The topological polar surface area (TPSA) is 129 Å². The van der Waals surface area contributed by atoms with Crippen LogP contribution in [0.5, 0.6) is 5.75 Å². The van der Waals surface area contributed by atoms with Crippen LogP contribution in [-0.4, -0.2) is 27.7 Å². The van der Waals surface area contributed by atoms with Crippen molar-refractivity contribution in [3.05, 3.63) is 105 Å². The molecule has 3 N–H and O–H groups in total. The predicted molar refractivity (Wildman–Crippen MR) is 159 cm³/mol. The standard InChI is InChI=1S/C33H34N2O6/c1-19(2)23-14-10-15-24(20(3)4)30(23)34-32(38)27(35-40)18-22(36)17-26(21-11-6-5-7-12-21)29-31(37)25-13-8-9-16-28(25)41-33(29)39/h5-16,19-20,26,37,40H,17-18H2,1-4H3,(H,34,38)/b35-27+. The average molecular weight is 555 g/mol. The Bertz CT molecular complexity index is 1630. The summed E-state index contributed by atoms with van der Waals surface area (Å²) in [5, 5.41) is 27.2. The summed E-state index contributed by atoms with van der Waals surface area (Å²) in [7, 11) is 0. The number of oxime groups is 1. The number of carbonyl (C=O) groups is 2. The average Bonchev–Trinajstić information content (AvgIpc) is 2.95. The Labute approximate surface area is 238 Å². The van der Waals surface area contributed by atoms with Gasteiger partial charge in [0, 0.05) is 18.0 Å². The van der Waals surface area contributed by atoms with Crippen LogP contribution < -0.4 is 10.9 Å². The zero-order chi connectivity index (χ0) is 29.7. The number of fused-ring (bicyclic) bond motifs is 1. The number of benzene rings is 3. The van der Waals surface area contributed by atoms with E-state index in [-0.39, 0.29) is 40.9 Å². The number of nitrogens with zero attached hydrogens (tertiary/aromatic N) is 1. The van der Waals surface area contributed by atoms with Crippen LogP contribution in [-0.2, 0) is 9.59 Å². The highest BCUT2D eigenvalue weighted by Gasteiger charge is 2.29. The van der Waals surface area contributed by atoms with Crippen LogP contribution in [0.25, 0.3) is 11.0 Å². The van der Waals surface area contributed by atoms with E-state index >= 15 is 0 Å². The summed E-state index contributed by atoms with van der Waals surface area (Å²) < 4.78 is 5.47. The summed E-state index contributed by atoms with van der Waals surface area (Å²) in [4.78, 5) is 39.7. The normalized spacial score (nSPS) is 12.6. The number of rotatable bonds is 10. The van der Waals surface area contributed by atoms with Crippen molar-refractivity contribution in [2.24, 2.45) is 5.16 Å². The number of Topliss-reactive ketones (excluding diaryl/α,β-unsaturated/α-hetero) is 1. The highest BCUT2D eigenvalue weighted by molar-refractivity contribution is 6.45. The van der Waals surface area contributed by atoms with Crippen molar-refractivity contribution >= 4 is 34.1 Å². The minimum atomic E-state index is -0.859. The molecule has 4 rings (SSSR count). The maximum Gasteiger partial charge on any atom is 0.343 e. The molecule has 1 heterocycles. The number of ketones is 1. The van der Waals surface area contributed by atoms with Gasteiger partial charge >= 0.3 is 5.63 Å². The summed E-state index contributed by atoms with van der Waals surface area (Å²) >= 11 is 0. The van der Waals surface area contributed by atoms with Crippen molar-refractivity contribution in [1.82, 2.24) is 0 Å². The van der Waals surface area contributed by atoms with E-state index in [1.165, 1.54) is 0 Å². The number of aromatic hydroxyl groups is 1.